The number of hydrogen-bond acceptors (Lipinski definition) is 4. The standard InChI is InChI=1S/C20H15NO4/c1-14-2-4-15(5-3-14)19(22)12-10-18-11-13-20(25-18)16-6-8-17(9-7-16)21(23)24/h2-13H,1H3/b12-10-. The molecule has 3 rings (SSSR count). The SMILES string of the molecule is Cc1ccc(C(=O)/C=C\c2ccc(-c3ccc([N+](=O)[O-])cc3)o2)cc1. The van der Waals surface area contributed by atoms with Gasteiger partial charge in [-0.1, -0.05) is 29.8 Å². The Morgan fingerprint density at radius 1 is 1.00 bits per heavy atom. The Kier molecular flexibility index (Phi) is 4.57. The Labute approximate surface area is 144 Å². The molecule has 1 heterocycles. The largest absolute Gasteiger partial charge is 0.457 e. The molecule has 0 bridgehead atoms. The smallest absolute Gasteiger partial charge is 0.269 e. The van der Waals surface area contributed by atoms with Crippen LogP contribution >= 0.6 is 0 Å². The first-order chi connectivity index (χ1) is 12.0. The minimum absolute atomic E-state index is 0.0270. The van der Waals surface area contributed by atoms with Crippen LogP contribution in [-0.2, 0) is 0 Å². The van der Waals surface area contributed by atoms with Crippen LogP contribution < -0.4 is 0 Å². The van der Waals surface area contributed by atoms with E-state index >= 15 is 0 Å². The summed E-state index contributed by atoms with van der Waals surface area (Å²) in [7, 11) is 0. The molecule has 0 fully saturated rings. The molecule has 0 radical (unpaired) electrons. The summed E-state index contributed by atoms with van der Waals surface area (Å²) in [4.78, 5) is 22.3. The van der Waals surface area contributed by atoms with Gasteiger partial charge in [-0.2, -0.15) is 0 Å². The molecule has 0 aliphatic heterocycles. The second-order valence-corrected chi connectivity index (χ2v) is 5.57. The monoisotopic (exact) mass is 333 g/mol. The molecule has 0 amide bonds. The predicted octanol–water partition coefficient (Wildman–Crippen LogP) is 5.06. The summed E-state index contributed by atoms with van der Waals surface area (Å²) in [6.07, 6.45) is 3.07. The number of nitro benzene ring substituents is 1. The van der Waals surface area contributed by atoms with Crippen LogP contribution in [0.25, 0.3) is 17.4 Å². The van der Waals surface area contributed by atoms with Gasteiger partial charge in [0, 0.05) is 23.3 Å². The zero-order chi connectivity index (χ0) is 17.8. The lowest BCUT2D eigenvalue weighted by Gasteiger charge is -1.97. The number of nitrogens with zero attached hydrogens (tertiary/aromatic N) is 1. The fourth-order valence-electron chi connectivity index (χ4n) is 2.32. The predicted molar refractivity (Wildman–Crippen MR) is 95.3 cm³/mol. The maximum atomic E-state index is 12.1. The van der Waals surface area contributed by atoms with E-state index in [2.05, 4.69) is 0 Å². The lowest BCUT2D eigenvalue weighted by molar-refractivity contribution is -0.384. The zero-order valence-corrected chi connectivity index (χ0v) is 13.5. The minimum Gasteiger partial charge on any atom is -0.457 e. The number of furan rings is 1. The quantitative estimate of drug-likeness (QED) is 0.283. The molecular formula is C20H15NO4. The van der Waals surface area contributed by atoms with Gasteiger partial charge in [0.05, 0.1) is 4.92 Å². The molecule has 0 aliphatic carbocycles. The van der Waals surface area contributed by atoms with Crippen LogP contribution in [0.3, 0.4) is 0 Å². The number of hydrogen-bond donors (Lipinski definition) is 0. The first-order valence-electron chi connectivity index (χ1n) is 7.67. The van der Waals surface area contributed by atoms with Crippen molar-refractivity contribution >= 4 is 17.5 Å². The third kappa shape index (κ3) is 3.90. The highest BCUT2D eigenvalue weighted by Gasteiger charge is 2.08. The lowest BCUT2D eigenvalue weighted by atomic mass is 10.1. The molecule has 5 heteroatoms. The molecule has 3 aromatic rings. The van der Waals surface area contributed by atoms with E-state index in [9.17, 15) is 14.9 Å². The van der Waals surface area contributed by atoms with Crippen molar-refractivity contribution in [2.45, 2.75) is 6.92 Å². The average Bonchev–Trinajstić information content (AvgIpc) is 3.09. The van der Waals surface area contributed by atoms with Gasteiger partial charge in [0.25, 0.3) is 5.69 Å². The van der Waals surface area contributed by atoms with Crippen molar-refractivity contribution in [3.05, 3.63) is 93.7 Å². The topological polar surface area (TPSA) is 73.3 Å². The van der Waals surface area contributed by atoms with Gasteiger partial charge in [-0.05, 0) is 43.3 Å². The van der Waals surface area contributed by atoms with E-state index < -0.39 is 4.92 Å². The average molecular weight is 333 g/mol. The second kappa shape index (κ2) is 6.97. The number of non-ortho nitro benzene ring substituents is 1. The number of benzene rings is 2. The summed E-state index contributed by atoms with van der Waals surface area (Å²) < 4.78 is 5.67. The van der Waals surface area contributed by atoms with E-state index in [4.69, 9.17) is 4.42 Å². The molecule has 0 saturated heterocycles. The van der Waals surface area contributed by atoms with Crippen LogP contribution in [-0.4, -0.2) is 10.7 Å². The molecule has 0 unspecified atom stereocenters. The third-order valence-electron chi connectivity index (χ3n) is 3.72. The van der Waals surface area contributed by atoms with E-state index in [1.54, 1.807) is 42.5 Å². The third-order valence-corrected chi connectivity index (χ3v) is 3.72. The van der Waals surface area contributed by atoms with Crippen molar-refractivity contribution in [2.24, 2.45) is 0 Å². The summed E-state index contributed by atoms with van der Waals surface area (Å²) in [6, 6.07) is 17.0. The van der Waals surface area contributed by atoms with Gasteiger partial charge in [0.15, 0.2) is 5.78 Å². The first kappa shape index (κ1) is 16.4. The Bertz CT molecular complexity index is 935. The molecule has 0 saturated carbocycles. The lowest BCUT2D eigenvalue weighted by Crippen LogP contribution is -1.93. The summed E-state index contributed by atoms with van der Waals surface area (Å²) in [6.45, 7) is 1.96. The first-order valence-corrected chi connectivity index (χ1v) is 7.67. The zero-order valence-electron chi connectivity index (χ0n) is 13.5. The maximum Gasteiger partial charge on any atom is 0.269 e. The van der Waals surface area contributed by atoms with Gasteiger partial charge in [0.1, 0.15) is 11.5 Å². The van der Waals surface area contributed by atoms with Crippen molar-refractivity contribution in [3.8, 4) is 11.3 Å². The van der Waals surface area contributed by atoms with Gasteiger partial charge in [-0.15, -0.1) is 0 Å². The number of ketones is 1. The number of carbonyl (C=O) groups excluding carboxylic acids is 1. The van der Waals surface area contributed by atoms with Crippen molar-refractivity contribution < 1.29 is 14.1 Å². The Morgan fingerprint density at radius 3 is 2.32 bits per heavy atom. The minimum atomic E-state index is -0.448. The van der Waals surface area contributed by atoms with Crippen molar-refractivity contribution in [1.82, 2.24) is 0 Å². The normalized spacial score (nSPS) is 10.9. The van der Waals surface area contributed by atoms with Crippen LogP contribution in [0.4, 0.5) is 5.69 Å². The van der Waals surface area contributed by atoms with Crippen molar-refractivity contribution in [2.75, 3.05) is 0 Å². The highest BCUT2D eigenvalue weighted by Crippen LogP contribution is 2.25. The fourth-order valence-corrected chi connectivity index (χ4v) is 2.32. The molecule has 0 atom stereocenters. The van der Waals surface area contributed by atoms with E-state index in [0.29, 0.717) is 17.1 Å². The van der Waals surface area contributed by atoms with Crippen LogP contribution in [0.5, 0.6) is 0 Å². The highest BCUT2D eigenvalue weighted by molar-refractivity contribution is 6.06. The van der Waals surface area contributed by atoms with E-state index in [-0.39, 0.29) is 11.5 Å². The molecule has 0 N–H and O–H groups in total. The molecular weight excluding hydrogens is 318 g/mol. The van der Waals surface area contributed by atoms with Crippen LogP contribution in [0, 0.1) is 17.0 Å². The second-order valence-electron chi connectivity index (χ2n) is 5.57. The van der Waals surface area contributed by atoms with Crippen LogP contribution in [0.2, 0.25) is 0 Å². The maximum absolute atomic E-state index is 12.1. The number of aryl methyl sites for hydroxylation is 1. The molecule has 2 aromatic carbocycles. The van der Waals surface area contributed by atoms with E-state index in [1.165, 1.54) is 18.2 Å². The summed E-state index contributed by atoms with van der Waals surface area (Å²) in [5.74, 6) is 1.01. The summed E-state index contributed by atoms with van der Waals surface area (Å²) >= 11 is 0. The molecule has 25 heavy (non-hydrogen) atoms. The molecule has 5 nitrogen and oxygen atoms in total. The van der Waals surface area contributed by atoms with Crippen LogP contribution in [0.15, 0.2) is 71.2 Å². The van der Waals surface area contributed by atoms with Gasteiger partial charge < -0.3 is 4.42 Å². The summed E-state index contributed by atoms with van der Waals surface area (Å²) in [5.41, 5.74) is 2.47. The summed E-state index contributed by atoms with van der Waals surface area (Å²) in [5, 5.41) is 10.7. The van der Waals surface area contributed by atoms with Gasteiger partial charge in [-0.25, -0.2) is 0 Å². The van der Waals surface area contributed by atoms with Crippen molar-refractivity contribution in [3.63, 3.8) is 0 Å². The Balaban J connectivity index is 1.73. The number of allylic oxidation sites excluding steroid dienone is 1. The van der Waals surface area contributed by atoms with E-state index in [1.807, 2.05) is 19.1 Å². The molecule has 0 aliphatic rings. The molecule has 124 valence electrons. The molecule has 1 aromatic heterocycles. The van der Waals surface area contributed by atoms with Gasteiger partial charge >= 0.3 is 0 Å². The highest BCUT2D eigenvalue weighted by atomic mass is 16.6. The Morgan fingerprint density at radius 2 is 1.68 bits per heavy atom. The Hall–Kier alpha value is -3.47. The number of nitro groups is 1. The number of carbonyl (C=O) groups is 1. The fraction of sp³-hybridized carbons (Fsp3) is 0.0500. The van der Waals surface area contributed by atoms with Crippen molar-refractivity contribution in [1.29, 1.82) is 0 Å². The van der Waals surface area contributed by atoms with Gasteiger partial charge in [0.2, 0.25) is 0 Å². The van der Waals surface area contributed by atoms with Gasteiger partial charge in [-0.3, -0.25) is 14.9 Å². The van der Waals surface area contributed by atoms with E-state index in [0.717, 1.165) is 11.1 Å². The molecule has 0 spiro atoms. The van der Waals surface area contributed by atoms with Crippen LogP contribution in [0.1, 0.15) is 21.7 Å². The number of rotatable bonds is 5.